The number of fused-ring (bicyclic) bond motifs is 3. The molecule has 1 N–H and O–H groups in total. The zero-order chi connectivity index (χ0) is 15.7. The topological polar surface area (TPSA) is 40.5 Å². The Hall–Kier alpha value is -2.36. The van der Waals surface area contributed by atoms with Gasteiger partial charge < -0.3 is 10.2 Å². The summed E-state index contributed by atoms with van der Waals surface area (Å²) in [6.45, 7) is 4.07. The molecule has 0 radical (unpaired) electrons. The van der Waals surface area contributed by atoms with Gasteiger partial charge in [0.15, 0.2) is 0 Å². The average Bonchev–Trinajstić information content (AvgIpc) is 3.11. The minimum Gasteiger partial charge on any atom is -0.358 e. The van der Waals surface area contributed by atoms with Crippen molar-refractivity contribution in [2.45, 2.75) is 31.8 Å². The zero-order valence-corrected chi connectivity index (χ0v) is 13.5. The molecule has 3 heterocycles. The second kappa shape index (κ2) is 5.69. The van der Waals surface area contributed by atoms with E-state index in [2.05, 4.69) is 58.5 Å². The lowest BCUT2D eigenvalue weighted by molar-refractivity contribution is 0.197. The van der Waals surface area contributed by atoms with Crippen molar-refractivity contribution in [1.29, 1.82) is 0 Å². The molecule has 0 aliphatic carbocycles. The van der Waals surface area contributed by atoms with Crippen molar-refractivity contribution in [1.82, 2.24) is 9.88 Å². The number of aromatic nitrogens is 1. The first-order valence-corrected chi connectivity index (χ1v) is 8.45. The van der Waals surface area contributed by atoms with Crippen LogP contribution in [0.4, 0.5) is 5.69 Å². The molecule has 0 fully saturated rings. The molecule has 0 bridgehead atoms. The zero-order valence-electron chi connectivity index (χ0n) is 13.5. The Bertz CT molecular complexity index is 725. The third kappa shape index (κ3) is 2.21. The van der Waals surface area contributed by atoms with Gasteiger partial charge in [0.05, 0.1) is 6.54 Å². The highest BCUT2D eigenvalue weighted by atomic mass is 15.4. The maximum Gasteiger partial charge on any atom is 0.138 e. The number of nitrogens with zero attached hydrogens (tertiary/aromatic N) is 3. The molecule has 1 atom stereocenters. The van der Waals surface area contributed by atoms with Crippen LogP contribution >= 0.6 is 0 Å². The van der Waals surface area contributed by atoms with E-state index in [0.717, 1.165) is 25.3 Å². The maximum atomic E-state index is 4.81. The molecule has 2 aromatic rings. The fraction of sp³-hybridized carbons (Fsp3) is 0.368. The number of hydrogen-bond acceptors (Lipinski definition) is 4. The summed E-state index contributed by atoms with van der Waals surface area (Å²) in [5.41, 5.74) is 3.44. The van der Waals surface area contributed by atoms with Crippen molar-refractivity contribution in [3.8, 4) is 0 Å². The van der Waals surface area contributed by atoms with Crippen LogP contribution in [0.15, 0.2) is 53.8 Å². The van der Waals surface area contributed by atoms with Crippen LogP contribution in [0.25, 0.3) is 0 Å². The predicted octanol–water partition coefficient (Wildman–Crippen LogP) is 3.61. The average molecular weight is 306 g/mol. The molecule has 2 aliphatic rings. The monoisotopic (exact) mass is 306 g/mol. The molecule has 2 aliphatic heterocycles. The summed E-state index contributed by atoms with van der Waals surface area (Å²) in [5, 5.41) is 3.85. The summed E-state index contributed by atoms with van der Waals surface area (Å²) in [4.78, 5) is 11.5. The van der Waals surface area contributed by atoms with Gasteiger partial charge in [-0.15, -0.1) is 0 Å². The van der Waals surface area contributed by atoms with Crippen molar-refractivity contribution < 1.29 is 0 Å². The molecule has 0 saturated heterocycles. The Labute approximate surface area is 137 Å². The third-order valence-electron chi connectivity index (χ3n) is 4.86. The van der Waals surface area contributed by atoms with Gasteiger partial charge in [0.1, 0.15) is 11.5 Å². The highest BCUT2D eigenvalue weighted by Crippen LogP contribution is 2.42. The lowest BCUT2D eigenvalue weighted by atomic mass is 9.88. The summed E-state index contributed by atoms with van der Waals surface area (Å²) in [5.74, 6) is 1.13. The first kappa shape index (κ1) is 14.2. The molecule has 23 heavy (non-hydrogen) atoms. The first-order chi connectivity index (χ1) is 11.3. The van der Waals surface area contributed by atoms with Crippen LogP contribution in [-0.4, -0.2) is 28.8 Å². The Morgan fingerprint density at radius 2 is 2.00 bits per heavy atom. The Morgan fingerprint density at radius 1 is 1.17 bits per heavy atom. The molecule has 4 rings (SSSR count). The molecular formula is C19H22N4. The molecule has 0 amide bonds. The van der Waals surface area contributed by atoms with E-state index < -0.39 is 0 Å². The van der Waals surface area contributed by atoms with Crippen LogP contribution in [0.3, 0.4) is 0 Å². The molecule has 4 heteroatoms. The number of anilines is 1. The number of hydrogen-bond donors (Lipinski definition) is 1. The van der Waals surface area contributed by atoms with Gasteiger partial charge in [-0.2, -0.15) is 0 Å². The molecule has 0 spiro atoms. The van der Waals surface area contributed by atoms with Gasteiger partial charge in [0.25, 0.3) is 0 Å². The Morgan fingerprint density at radius 3 is 2.83 bits per heavy atom. The van der Waals surface area contributed by atoms with Crippen molar-refractivity contribution in [2.75, 3.05) is 18.4 Å². The van der Waals surface area contributed by atoms with E-state index >= 15 is 0 Å². The van der Waals surface area contributed by atoms with Gasteiger partial charge in [-0.05, 0) is 37.1 Å². The first-order valence-electron chi connectivity index (χ1n) is 8.45. The van der Waals surface area contributed by atoms with Gasteiger partial charge in [-0.3, -0.25) is 9.98 Å². The number of amidine groups is 1. The molecule has 118 valence electrons. The van der Waals surface area contributed by atoms with Gasteiger partial charge in [-0.1, -0.05) is 25.5 Å². The van der Waals surface area contributed by atoms with E-state index in [-0.39, 0.29) is 5.66 Å². The SMILES string of the molecule is CCCCC1(c2ccncc2)Nc2ccccc2C2=NCCN21. The van der Waals surface area contributed by atoms with Crippen LogP contribution < -0.4 is 5.32 Å². The maximum absolute atomic E-state index is 4.81. The van der Waals surface area contributed by atoms with Crippen LogP contribution in [0.2, 0.25) is 0 Å². The molecular weight excluding hydrogens is 284 g/mol. The minimum atomic E-state index is -0.220. The minimum absolute atomic E-state index is 0.220. The van der Waals surface area contributed by atoms with Crippen molar-refractivity contribution in [3.63, 3.8) is 0 Å². The molecule has 1 aromatic carbocycles. The van der Waals surface area contributed by atoms with Crippen LogP contribution in [0, 0.1) is 0 Å². The number of nitrogens with one attached hydrogen (secondary N) is 1. The standard InChI is InChI=1S/C19H22N4/c1-2-3-10-19(15-8-11-20-12-9-15)22-17-7-5-4-6-16(17)18-21-13-14-23(18)19/h4-9,11-12,22H,2-3,10,13-14H2,1H3. The van der Waals surface area contributed by atoms with Gasteiger partial charge in [0, 0.05) is 35.8 Å². The van der Waals surface area contributed by atoms with Gasteiger partial charge >= 0.3 is 0 Å². The predicted molar refractivity (Wildman–Crippen MR) is 93.6 cm³/mol. The number of pyridine rings is 1. The Kier molecular flexibility index (Phi) is 3.52. The van der Waals surface area contributed by atoms with E-state index in [9.17, 15) is 0 Å². The largest absolute Gasteiger partial charge is 0.358 e. The number of benzene rings is 1. The second-order valence-electron chi connectivity index (χ2n) is 6.23. The number of unbranched alkanes of at least 4 members (excludes halogenated alkanes) is 1. The lowest BCUT2D eigenvalue weighted by Gasteiger charge is -2.49. The van der Waals surface area contributed by atoms with Crippen molar-refractivity contribution >= 4 is 11.5 Å². The van der Waals surface area contributed by atoms with E-state index in [1.165, 1.54) is 29.7 Å². The molecule has 1 aromatic heterocycles. The van der Waals surface area contributed by atoms with E-state index in [1.54, 1.807) is 0 Å². The second-order valence-corrected chi connectivity index (χ2v) is 6.23. The van der Waals surface area contributed by atoms with E-state index in [4.69, 9.17) is 4.99 Å². The fourth-order valence-corrected chi connectivity index (χ4v) is 3.76. The van der Waals surface area contributed by atoms with Crippen molar-refractivity contribution in [2.24, 2.45) is 4.99 Å². The highest BCUT2D eigenvalue weighted by molar-refractivity contribution is 6.06. The number of rotatable bonds is 4. The van der Waals surface area contributed by atoms with Gasteiger partial charge in [-0.25, -0.2) is 0 Å². The summed E-state index contributed by atoms with van der Waals surface area (Å²) >= 11 is 0. The van der Waals surface area contributed by atoms with Crippen LogP contribution in [-0.2, 0) is 5.66 Å². The lowest BCUT2D eigenvalue weighted by Crippen LogP contribution is -2.56. The summed E-state index contributed by atoms with van der Waals surface area (Å²) in [7, 11) is 0. The Balaban J connectivity index is 1.88. The molecule has 4 nitrogen and oxygen atoms in total. The molecule has 0 saturated carbocycles. The summed E-state index contributed by atoms with van der Waals surface area (Å²) < 4.78 is 0. The summed E-state index contributed by atoms with van der Waals surface area (Å²) in [6, 6.07) is 12.8. The smallest absolute Gasteiger partial charge is 0.138 e. The quantitative estimate of drug-likeness (QED) is 0.938. The normalized spacial score (nSPS) is 22.1. The van der Waals surface area contributed by atoms with Crippen LogP contribution in [0.1, 0.15) is 37.3 Å². The number of para-hydroxylation sites is 1. The van der Waals surface area contributed by atoms with Crippen molar-refractivity contribution in [3.05, 3.63) is 59.9 Å². The third-order valence-corrected chi connectivity index (χ3v) is 4.86. The number of aliphatic imine (C=N–C) groups is 1. The van der Waals surface area contributed by atoms with E-state index in [0.29, 0.717) is 0 Å². The highest BCUT2D eigenvalue weighted by Gasteiger charge is 2.45. The fourth-order valence-electron chi connectivity index (χ4n) is 3.76. The van der Waals surface area contributed by atoms with E-state index in [1.807, 2.05) is 12.4 Å². The molecule has 1 unspecified atom stereocenters. The summed E-state index contributed by atoms with van der Waals surface area (Å²) in [6.07, 6.45) is 7.18. The van der Waals surface area contributed by atoms with Gasteiger partial charge in [0.2, 0.25) is 0 Å². The van der Waals surface area contributed by atoms with Crippen LogP contribution in [0.5, 0.6) is 0 Å².